The molecule has 0 bridgehead atoms. The first kappa shape index (κ1) is 13.0. The van der Waals surface area contributed by atoms with E-state index in [1.807, 2.05) is 0 Å². The zero-order chi connectivity index (χ0) is 12.1. The van der Waals surface area contributed by atoms with Gasteiger partial charge in [0.05, 0.1) is 12.8 Å². The van der Waals surface area contributed by atoms with Crippen LogP contribution in [0.25, 0.3) is 0 Å². The number of rotatable bonds is 4. The number of carboxylic acids is 1. The summed E-state index contributed by atoms with van der Waals surface area (Å²) in [6.07, 6.45) is 2.82. The Balaban J connectivity index is 2.30. The van der Waals surface area contributed by atoms with Crippen molar-refractivity contribution in [3.05, 3.63) is 0 Å². The smallest absolute Gasteiger partial charge is 0.306 e. The molecule has 0 radical (unpaired) electrons. The average Bonchev–Trinajstić information content (AvgIpc) is 2.12. The fourth-order valence-electron chi connectivity index (χ4n) is 2.42. The van der Waals surface area contributed by atoms with E-state index in [-0.39, 0.29) is 24.9 Å². The molecule has 1 fully saturated rings. The van der Waals surface area contributed by atoms with Crippen molar-refractivity contribution < 1.29 is 19.4 Å². The monoisotopic (exact) mass is 228 g/mol. The fraction of sp³-hybridized carbons (Fsp3) is 0.833. The van der Waals surface area contributed by atoms with Crippen LogP contribution in [-0.2, 0) is 14.3 Å². The van der Waals surface area contributed by atoms with Gasteiger partial charge < -0.3 is 9.84 Å². The first-order valence-corrected chi connectivity index (χ1v) is 5.88. The van der Waals surface area contributed by atoms with E-state index in [1.165, 1.54) is 6.42 Å². The van der Waals surface area contributed by atoms with Crippen molar-refractivity contribution >= 4 is 11.9 Å². The summed E-state index contributed by atoms with van der Waals surface area (Å²) in [5.41, 5.74) is 0. The number of carboxylic acid groups (broad SMARTS) is 1. The third kappa shape index (κ3) is 4.64. The molecule has 0 heterocycles. The zero-order valence-corrected chi connectivity index (χ0v) is 9.94. The van der Waals surface area contributed by atoms with E-state index in [9.17, 15) is 9.59 Å². The number of esters is 1. The SMILES string of the molecule is C[C@@H]1CC(OC(=O)CCC(=O)O)C[C@H](C)C1. The van der Waals surface area contributed by atoms with Gasteiger partial charge in [-0.1, -0.05) is 13.8 Å². The normalized spacial score (nSPS) is 29.8. The first-order valence-electron chi connectivity index (χ1n) is 5.88. The fourth-order valence-corrected chi connectivity index (χ4v) is 2.42. The summed E-state index contributed by atoms with van der Waals surface area (Å²) < 4.78 is 5.28. The Morgan fingerprint density at radius 1 is 1.12 bits per heavy atom. The maximum atomic E-state index is 11.3. The van der Waals surface area contributed by atoms with E-state index in [0.717, 1.165) is 12.8 Å². The molecule has 4 nitrogen and oxygen atoms in total. The molecular formula is C12H20O4. The largest absolute Gasteiger partial charge is 0.481 e. The van der Waals surface area contributed by atoms with Gasteiger partial charge in [-0.15, -0.1) is 0 Å². The van der Waals surface area contributed by atoms with E-state index < -0.39 is 5.97 Å². The molecule has 0 aromatic heterocycles. The molecule has 0 aliphatic heterocycles. The number of hydrogen-bond donors (Lipinski definition) is 1. The van der Waals surface area contributed by atoms with Crippen molar-refractivity contribution in [1.29, 1.82) is 0 Å². The number of aliphatic carboxylic acids is 1. The molecule has 92 valence electrons. The lowest BCUT2D eigenvalue weighted by Gasteiger charge is -2.30. The molecule has 1 aliphatic rings. The average molecular weight is 228 g/mol. The van der Waals surface area contributed by atoms with Crippen molar-refractivity contribution in [3.63, 3.8) is 0 Å². The summed E-state index contributed by atoms with van der Waals surface area (Å²) in [5, 5.41) is 8.44. The second-order valence-electron chi connectivity index (χ2n) is 4.92. The molecular weight excluding hydrogens is 208 g/mol. The van der Waals surface area contributed by atoms with Gasteiger partial charge >= 0.3 is 11.9 Å². The number of carbonyl (C=O) groups excluding carboxylic acids is 1. The molecule has 1 rings (SSSR count). The highest BCUT2D eigenvalue weighted by Gasteiger charge is 2.26. The van der Waals surface area contributed by atoms with Crippen LogP contribution in [0.5, 0.6) is 0 Å². The van der Waals surface area contributed by atoms with Gasteiger partial charge in [-0.2, -0.15) is 0 Å². The van der Waals surface area contributed by atoms with Gasteiger partial charge in [0.15, 0.2) is 0 Å². The Bertz CT molecular complexity index is 252. The van der Waals surface area contributed by atoms with Gasteiger partial charge in [0, 0.05) is 0 Å². The molecule has 0 saturated heterocycles. The molecule has 4 heteroatoms. The third-order valence-electron chi connectivity index (χ3n) is 2.98. The first-order chi connectivity index (χ1) is 7.47. The lowest BCUT2D eigenvalue weighted by atomic mass is 9.82. The standard InChI is InChI=1S/C12H20O4/c1-8-5-9(2)7-10(6-8)16-12(15)4-3-11(13)14/h8-10H,3-7H2,1-2H3,(H,13,14)/t8-,9+,10?. The zero-order valence-electron chi connectivity index (χ0n) is 9.94. The van der Waals surface area contributed by atoms with Crippen LogP contribution in [0, 0.1) is 11.8 Å². The Hall–Kier alpha value is -1.06. The van der Waals surface area contributed by atoms with Crippen molar-refractivity contribution in [3.8, 4) is 0 Å². The van der Waals surface area contributed by atoms with E-state index in [1.54, 1.807) is 0 Å². The van der Waals surface area contributed by atoms with Gasteiger partial charge in [0.2, 0.25) is 0 Å². The molecule has 0 aromatic rings. The predicted octanol–water partition coefficient (Wildman–Crippen LogP) is 2.22. The Morgan fingerprint density at radius 2 is 1.69 bits per heavy atom. The number of ether oxygens (including phenoxy) is 1. The maximum Gasteiger partial charge on any atom is 0.306 e. The lowest BCUT2D eigenvalue weighted by Crippen LogP contribution is -2.28. The maximum absolute atomic E-state index is 11.3. The number of hydrogen-bond acceptors (Lipinski definition) is 3. The molecule has 1 saturated carbocycles. The summed E-state index contributed by atoms with van der Waals surface area (Å²) in [7, 11) is 0. The highest BCUT2D eigenvalue weighted by Crippen LogP contribution is 2.30. The van der Waals surface area contributed by atoms with Crippen molar-refractivity contribution in [2.75, 3.05) is 0 Å². The van der Waals surface area contributed by atoms with Crippen molar-refractivity contribution in [1.82, 2.24) is 0 Å². The van der Waals surface area contributed by atoms with Gasteiger partial charge in [0.1, 0.15) is 6.10 Å². The molecule has 0 spiro atoms. The third-order valence-corrected chi connectivity index (χ3v) is 2.98. The minimum Gasteiger partial charge on any atom is -0.481 e. The van der Waals surface area contributed by atoms with Crippen LogP contribution >= 0.6 is 0 Å². The lowest BCUT2D eigenvalue weighted by molar-refractivity contribution is -0.154. The summed E-state index contributed by atoms with van der Waals surface area (Å²) in [5.74, 6) is -0.168. The van der Waals surface area contributed by atoms with Crippen LogP contribution < -0.4 is 0 Å². The van der Waals surface area contributed by atoms with Crippen LogP contribution in [0.15, 0.2) is 0 Å². The molecule has 1 aliphatic carbocycles. The molecule has 16 heavy (non-hydrogen) atoms. The minimum atomic E-state index is -0.956. The number of carbonyl (C=O) groups is 2. The summed E-state index contributed by atoms with van der Waals surface area (Å²) in [6, 6.07) is 0. The summed E-state index contributed by atoms with van der Waals surface area (Å²) in [6.45, 7) is 4.32. The van der Waals surface area contributed by atoms with Gasteiger partial charge in [0.25, 0.3) is 0 Å². The Morgan fingerprint density at radius 3 is 2.19 bits per heavy atom. The molecule has 0 aromatic carbocycles. The van der Waals surface area contributed by atoms with Crippen molar-refractivity contribution in [2.24, 2.45) is 11.8 Å². The van der Waals surface area contributed by atoms with Gasteiger partial charge in [-0.25, -0.2) is 0 Å². The van der Waals surface area contributed by atoms with Crippen LogP contribution in [-0.4, -0.2) is 23.1 Å². The van der Waals surface area contributed by atoms with E-state index in [0.29, 0.717) is 11.8 Å². The highest BCUT2D eigenvalue weighted by molar-refractivity contribution is 5.76. The molecule has 0 amide bonds. The van der Waals surface area contributed by atoms with Crippen LogP contribution in [0.3, 0.4) is 0 Å². The topological polar surface area (TPSA) is 63.6 Å². The quantitative estimate of drug-likeness (QED) is 0.749. The molecule has 3 atom stereocenters. The molecule has 1 N–H and O–H groups in total. The Kier molecular flexibility index (Phi) is 4.77. The van der Waals surface area contributed by atoms with Crippen LogP contribution in [0.1, 0.15) is 46.0 Å². The van der Waals surface area contributed by atoms with Gasteiger partial charge in [-0.05, 0) is 31.1 Å². The molecule has 1 unspecified atom stereocenters. The van der Waals surface area contributed by atoms with Crippen LogP contribution in [0.2, 0.25) is 0 Å². The summed E-state index contributed by atoms with van der Waals surface area (Å²) in [4.78, 5) is 21.6. The van der Waals surface area contributed by atoms with E-state index >= 15 is 0 Å². The van der Waals surface area contributed by atoms with Crippen LogP contribution in [0.4, 0.5) is 0 Å². The van der Waals surface area contributed by atoms with Gasteiger partial charge in [-0.3, -0.25) is 9.59 Å². The van der Waals surface area contributed by atoms with Crippen molar-refractivity contribution in [2.45, 2.75) is 52.1 Å². The van der Waals surface area contributed by atoms with E-state index in [2.05, 4.69) is 13.8 Å². The second kappa shape index (κ2) is 5.87. The second-order valence-corrected chi connectivity index (χ2v) is 4.92. The summed E-state index contributed by atoms with van der Waals surface area (Å²) >= 11 is 0. The predicted molar refractivity (Wildman–Crippen MR) is 58.9 cm³/mol. The minimum absolute atomic E-state index is 0.0138. The van der Waals surface area contributed by atoms with E-state index in [4.69, 9.17) is 9.84 Å². The highest BCUT2D eigenvalue weighted by atomic mass is 16.5. The Labute approximate surface area is 96.0 Å².